The number of halogens is 1. The van der Waals surface area contributed by atoms with Gasteiger partial charge in [-0.05, 0) is 57.6 Å². The van der Waals surface area contributed by atoms with E-state index < -0.39 is 0 Å². The Balaban J connectivity index is 2.29. The largest absolute Gasteiger partial charge is 0.367 e. The smallest absolute Gasteiger partial charge is 0.123 e. The second kappa shape index (κ2) is 5.88. The second-order valence-corrected chi connectivity index (χ2v) is 5.74. The van der Waals surface area contributed by atoms with Gasteiger partial charge in [0.15, 0.2) is 0 Å². The molecular weight excluding hydrogens is 241 g/mol. The zero-order valence-corrected chi connectivity index (χ0v) is 12.1. The molecule has 0 radical (unpaired) electrons. The summed E-state index contributed by atoms with van der Waals surface area (Å²) in [7, 11) is 4.18. The molecule has 2 unspecified atom stereocenters. The number of rotatable bonds is 4. The molecule has 1 fully saturated rings. The van der Waals surface area contributed by atoms with Crippen molar-refractivity contribution in [1.82, 2.24) is 4.90 Å². The lowest BCUT2D eigenvalue weighted by Crippen LogP contribution is -2.38. The summed E-state index contributed by atoms with van der Waals surface area (Å²) in [6, 6.07) is 5.34. The van der Waals surface area contributed by atoms with Crippen LogP contribution < -0.4 is 10.6 Å². The molecule has 1 aromatic carbocycles. The molecule has 106 valence electrons. The van der Waals surface area contributed by atoms with E-state index in [4.69, 9.17) is 5.73 Å². The molecule has 19 heavy (non-hydrogen) atoms. The van der Waals surface area contributed by atoms with Crippen molar-refractivity contribution in [2.45, 2.75) is 31.8 Å². The maximum absolute atomic E-state index is 13.4. The zero-order valence-electron chi connectivity index (χ0n) is 12.1. The van der Waals surface area contributed by atoms with Crippen LogP contribution in [0.15, 0.2) is 18.2 Å². The molecule has 0 spiro atoms. The van der Waals surface area contributed by atoms with E-state index >= 15 is 0 Å². The predicted molar refractivity (Wildman–Crippen MR) is 77.9 cm³/mol. The third-order valence-corrected chi connectivity index (χ3v) is 3.74. The highest BCUT2D eigenvalue weighted by Gasteiger charge is 2.27. The number of nitrogens with two attached hydrogens (primary N) is 1. The standard InChI is InChI=1S/C15H24FN3/c1-11(17)14-9-12(16)6-7-15(14)19-8-4-5-13(19)10-18(2)3/h6-7,9,11,13H,4-5,8,10,17H2,1-3H3. The average molecular weight is 265 g/mol. The first-order valence-electron chi connectivity index (χ1n) is 6.95. The van der Waals surface area contributed by atoms with Crippen LogP contribution in [-0.4, -0.2) is 38.1 Å². The van der Waals surface area contributed by atoms with Crippen LogP contribution in [0, 0.1) is 5.82 Å². The Morgan fingerprint density at radius 1 is 1.47 bits per heavy atom. The van der Waals surface area contributed by atoms with Crippen LogP contribution in [0.1, 0.15) is 31.4 Å². The normalized spacial score (nSPS) is 21.2. The van der Waals surface area contributed by atoms with Crippen LogP contribution in [-0.2, 0) is 0 Å². The van der Waals surface area contributed by atoms with Gasteiger partial charge in [0.2, 0.25) is 0 Å². The molecule has 1 aliphatic rings. The highest BCUT2D eigenvalue weighted by atomic mass is 19.1. The summed E-state index contributed by atoms with van der Waals surface area (Å²) >= 11 is 0. The monoisotopic (exact) mass is 265 g/mol. The summed E-state index contributed by atoms with van der Waals surface area (Å²) in [6.07, 6.45) is 2.38. The molecule has 0 amide bonds. The summed E-state index contributed by atoms with van der Waals surface area (Å²) in [5.41, 5.74) is 8.00. The molecule has 3 nitrogen and oxygen atoms in total. The van der Waals surface area contributed by atoms with Crippen LogP contribution in [0.3, 0.4) is 0 Å². The second-order valence-electron chi connectivity index (χ2n) is 5.74. The molecule has 0 aromatic heterocycles. The van der Waals surface area contributed by atoms with E-state index in [1.165, 1.54) is 18.9 Å². The third-order valence-electron chi connectivity index (χ3n) is 3.74. The molecule has 0 bridgehead atoms. The van der Waals surface area contributed by atoms with E-state index in [0.29, 0.717) is 6.04 Å². The van der Waals surface area contributed by atoms with E-state index in [-0.39, 0.29) is 11.9 Å². The molecular formula is C15H24FN3. The summed E-state index contributed by atoms with van der Waals surface area (Å²) in [5.74, 6) is -0.209. The zero-order chi connectivity index (χ0) is 14.0. The molecule has 1 heterocycles. The summed E-state index contributed by atoms with van der Waals surface area (Å²) in [4.78, 5) is 4.59. The van der Waals surface area contributed by atoms with Crippen molar-refractivity contribution in [1.29, 1.82) is 0 Å². The molecule has 2 atom stereocenters. The SMILES string of the molecule is CC(N)c1cc(F)ccc1N1CCCC1CN(C)C. The molecule has 2 N–H and O–H groups in total. The van der Waals surface area contributed by atoms with Gasteiger partial charge >= 0.3 is 0 Å². The van der Waals surface area contributed by atoms with Gasteiger partial charge in [0, 0.05) is 30.9 Å². The molecule has 1 aliphatic heterocycles. The average Bonchev–Trinajstić information content (AvgIpc) is 2.76. The maximum atomic E-state index is 13.4. The number of likely N-dealkylation sites (N-methyl/N-ethyl adjacent to an activating group) is 1. The van der Waals surface area contributed by atoms with Crippen molar-refractivity contribution in [3.8, 4) is 0 Å². The van der Waals surface area contributed by atoms with E-state index in [1.807, 2.05) is 13.0 Å². The Morgan fingerprint density at radius 3 is 2.84 bits per heavy atom. The summed E-state index contributed by atoms with van der Waals surface area (Å²) in [5, 5.41) is 0. The molecule has 1 aromatic rings. The predicted octanol–water partition coefficient (Wildman–Crippen LogP) is 2.38. The van der Waals surface area contributed by atoms with Crippen molar-refractivity contribution in [2.75, 3.05) is 32.1 Å². The lowest BCUT2D eigenvalue weighted by Gasteiger charge is -2.31. The Kier molecular flexibility index (Phi) is 4.42. The van der Waals surface area contributed by atoms with Crippen molar-refractivity contribution in [3.63, 3.8) is 0 Å². The first-order valence-corrected chi connectivity index (χ1v) is 6.95. The fourth-order valence-electron chi connectivity index (χ4n) is 2.92. The summed E-state index contributed by atoms with van der Waals surface area (Å²) < 4.78 is 13.4. The van der Waals surface area contributed by atoms with Gasteiger partial charge in [-0.3, -0.25) is 0 Å². The van der Waals surface area contributed by atoms with Gasteiger partial charge in [-0.2, -0.15) is 0 Å². The number of hydrogen-bond donors (Lipinski definition) is 1. The van der Waals surface area contributed by atoms with Crippen molar-refractivity contribution in [2.24, 2.45) is 5.73 Å². The highest BCUT2D eigenvalue weighted by molar-refractivity contribution is 5.56. The van der Waals surface area contributed by atoms with E-state index in [0.717, 1.165) is 24.3 Å². The molecule has 2 rings (SSSR count). The number of nitrogens with zero attached hydrogens (tertiary/aromatic N) is 2. The van der Waals surface area contributed by atoms with Gasteiger partial charge in [-0.15, -0.1) is 0 Å². The van der Waals surface area contributed by atoms with Crippen LogP contribution in [0.2, 0.25) is 0 Å². The van der Waals surface area contributed by atoms with E-state index in [2.05, 4.69) is 23.9 Å². The van der Waals surface area contributed by atoms with Gasteiger partial charge in [-0.1, -0.05) is 0 Å². The number of hydrogen-bond acceptors (Lipinski definition) is 3. The molecule has 4 heteroatoms. The first kappa shape index (κ1) is 14.3. The van der Waals surface area contributed by atoms with Gasteiger partial charge in [0.1, 0.15) is 5.82 Å². The molecule has 0 saturated carbocycles. The maximum Gasteiger partial charge on any atom is 0.123 e. The topological polar surface area (TPSA) is 32.5 Å². The van der Waals surface area contributed by atoms with Crippen LogP contribution in [0.5, 0.6) is 0 Å². The van der Waals surface area contributed by atoms with Gasteiger partial charge in [0.05, 0.1) is 0 Å². The van der Waals surface area contributed by atoms with Gasteiger partial charge in [0.25, 0.3) is 0 Å². The van der Waals surface area contributed by atoms with Crippen LogP contribution in [0.25, 0.3) is 0 Å². The van der Waals surface area contributed by atoms with Crippen LogP contribution >= 0.6 is 0 Å². The number of anilines is 1. The van der Waals surface area contributed by atoms with E-state index in [9.17, 15) is 4.39 Å². The molecule has 1 saturated heterocycles. The van der Waals surface area contributed by atoms with Crippen LogP contribution in [0.4, 0.5) is 10.1 Å². The van der Waals surface area contributed by atoms with Crippen molar-refractivity contribution >= 4 is 5.69 Å². The van der Waals surface area contributed by atoms with Gasteiger partial charge < -0.3 is 15.5 Å². The van der Waals surface area contributed by atoms with E-state index in [1.54, 1.807) is 6.07 Å². The lowest BCUT2D eigenvalue weighted by atomic mass is 10.0. The fourth-order valence-corrected chi connectivity index (χ4v) is 2.92. The Morgan fingerprint density at radius 2 is 2.21 bits per heavy atom. The Hall–Kier alpha value is -1.13. The summed E-state index contributed by atoms with van der Waals surface area (Å²) in [6.45, 7) is 3.97. The minimum absolute atomic E-state index is 0.147. The fraction of sp³-hybridized carbons (Fsp3) is 0.600. The van der Waals surface area contributed by atoms with Gasteiger partial charge in [-0.25, -0.2) is 4.39 Å². The Labute approximate surface area is 115 Å². The van der Waals surface area contributed by atoms with Crippen molar-refractivity contribution < 1.29 is 4.39 Å². The Bertz CT molecular complexity index is 431. The quantitative estimate of drug-likeness (QED) is 0.907. The van der Waals surface area contributed by atoms with Crippen molar-refractivity contribution in [3.05, 3.63) is 29.6 Å². The minimum atomic E-state index is -0.209. The minimum Gasteiger partial charge on any atom is -0.367 e. The first-order chi connectivity index (χ1) is 8.99. The highest BCUT2D eigenvalue weighted by Crippen LogP contribution is 2.32. The third kappa shape index (κ3) is 3.25. The number of benzene rings is 1. The lowest BCUT2D eigenvalue weighted by molar-refractivity contribution is 0.372. The molecule has 0 aliphatic carbocycles.